The molecule has 0 atom stereocenters. The van der Waals surface area contributed by atoms with Crippen LogP contribution in [0.5, 0.6) is 5.75 Å². The number of nitrogens with zero attached hydrogens (tertiary/aromatic N) is 2. The highest BCUT2D eigenvalue weighted by Crippen LogP contribution is 2.31. The smallest absolute Gasteiger partial charge is 0.243 e. The minimum absolute atomic E-state index is 0.00801. The van der Waals surface area contributed by atoms with E-state index in [-0.39, 0.29) is 17.2 Å². The number of carbonyl (C=O) groups excluding carboxylic acids is 1. The molecule has 1 amide bonds. The molecule has 0 spiro atoms. The number of ether oxygens (including phenoxy) is 1. The van der Waals surface area contributed by atoms with Gasteiger partial charge in [0.1, 0.15) is 5.75 Å². The summed E-state index contributed by atoms with van der Waals surface area (Å²) in [6.45, 7) is 5.08. The molecule has 0 aromatic heterocycles. The number of amides is 1. The molecular weight excluding hydrogens is 376 g/mol. The Labute approximate surface area is 166 Å². The van der Waals surface area contributed by atoms with Gasteiger partial charge in [0.25, 0.3) is 0 Å². The first-order chi connectivity index (χ1) is 13.4. The van der Waals surface area contributed by atoms with Crippen molar-refractivity contribution in [1.82, 2.24) is 4.31 Å². The van der Waals surface area contributed by atoms with E-state index < -0.39 is 10.0 Å². The highest BCUT2D eigenvalue weighted by atomic mass is 32.2. The molecule has 0 radical (unpaired) electrons. The van der Waals surface area contributed by atoms with E-state index in [4.69, 9.17) is 4.74 Å². The number of rotatable bonds is 7. The molecule has 6 nitrogen and oxygen atoms in total. The van der Waals surface area contributed by atoms with Crippen molar-refractivity contribution in [2.75, 3.05) is 31.6 Å². The second-order valence-corrected chi connectivity index (χ2v) is 8.64. The predicted molar refractivity (Wildman–Crippen MR) is 109 cm³/mol. The van der Waals surface area contributed by atoms with Gasteiger partial charge in [-0.05, 0) is 47.9 Å². The van der Waals surface area contributed by atoms with Crippen molar-refractivity contribution in [1.29, 1.82) is 0 Å². The summed E-state index contributed by atoms with van der Waals surface area (Å²) in [7, 11) is -1.90. The number of benzene rings is 2. The van der Waals surface area contributed by atoms with Crippen molar-refractivity contribution >= 4 is 21.6 Å². The Morgan fingerprint density at radius 2 is 1.89 bits per heavy atom. The molecule has 0 N–H and O–H groups in total. The second kappa shape index (κ2) is 8.32. The number of hydrogen-bond donors (Lipinski definition) is 0. The lowest BCUT2D eigenvalue weighted by Gasteiger charge is -2.20. The minimum atomic E-state index is -3.50. The third-order valence-corrected chi connectivity index (χ3v) is 7.13. The van der Waals surface area contributed by atoms with Gasteiger partial charge in [-0.1, -0.05) is 26.0 Å². The molecule has 1 aliphatic heterocycles. The molecular formula is C21H26N2O4S. The van der Waals surface area contributed by atoms with Gasteiger partial charge in [-0.25, -0.2) is 8.42 Å². The Bertz CT molecular complexity index is 968. The predicted octanol–water partition coefficient (Wildman–Crippen LogP) is 2.86. The van der Waals surface area contributed by atoms with Crippen LogP contribution in [0.4, 0.5) is 5.69 Å². The van der Waals surface area contributed by atoms with Crippen LogP contribution in [0.1, 0.15) is 25.0 Å². The molecule has 1 aliphatic rings. The molecule has 0 bridgehead atoms. The molecule has 0 unspecified atom stereocenters. The third kappa shape index (κ3) is 3.91. The van der Waals surface area contributed by atoms with Gasteiger partial charge in [-0.3, -0.25) is 4.79 Å². The van der Waals surface area contributed by atoms with Gasteiger partial charge in [0.2, 0.25) is 15.9 Å². The molecule has 2 aromatic rings. The lowest BCUT2D eigenvalue weighted by molar-refractivity contribution is -0.117. The zero-order valence-electron chi connectivity index (χ0n) is 16.5. The van der Waals surface area contributed by atoms with Crippen molar-refractivity contribution in [3.05, 3.63) is 53.6 Å². The molecule has 150 valence electrons. The highest BCUT2D eigenvalue weighted by molar-refractivity contribution is 7.89. The average Bonchev–Trinajstić information content (AvgIpc) is 3.12. The van der Waals surface area contributed by atoms with E-state index in [1.54, 1.807) is 30.2 Å². The van der Waals surface area contributed by atoms with E-state index in [0.717, 1.165) is 22.6 Å². The summed E-state index contributed by atoms with van der Waals surface area (Å²) >= 11 is 0. The summed E-state index contributed by atoms with van der Waals surface area (Å²) in [5, 5.41) is 0. The molecule has 28 heavy (non-hydrogen) atoms. The molecule has 1 heterocycles. The zero-order chi connectivity index (χ0) is 20.3. The number of sulfonamides is 1. The summed E-state index contributed by atoms with van der Waals surface area (Å²) < 4.78 is 32.1. The molecule has 0 saturated heterocycles. The Morgan fingerprint density at radius 3 is 2.57 bits per heavy atom. The highest BCUT2D eigenvalue weighted by Gasteiger charge is 2.28. The van der Waals surface area contributed by atoms with Gasteiger partial charge in [0, 0.05) is 25.3 Å². The van der Waals surface area contributed by atoms with E-state index in [0.29, 0.717) is 26.1 Å². The van der Waals surface area contributed by atoms with Gasteiger partial charge in [-0.15, -0.1) is 0 Å². The van der Waals surface area contributed by atoms with Crippen molar-refractivity contribution in [3.8, 4) is 5.75 Å². The second-order valence-electron chi connectivity index (χ2n) is 6.70. The quantitative estimate of drug-likeness (QED) is 0.714. The van der Waals surface area contributed by atoms with E-state index in [9.17, 15) is 13.2 Å². The topological polar surface area (TPSA) is 66.9 Å². The maximum Gasteiger partial charge on any atom is 0.243 e. The van der Waals surface area contributed by atoms with E-state index >= 15 is 0 Å². The fourth-order valence-electron chi connectivity index (χ4n) is 3.56. The largest absolute Gasteiger partial charge is 0.497 e. The maximum atomic E-state index is 12.8. The van der Waals surface area contributed by atoms with Crippen LogP contribution in [-0.2, 0) is 27.7 Å². The van der Waals surface area contributed by atoms with Crippen LogP contribution in [0.3, 0.4) is 0 Å². The SMILES string of the molecule is CCN(CC)S(=O)(=O)c1ccc2c(c1)CCN2C(=O)Cc1cccc(OC)c1. The van der Waals surface area contributed by atoms with Gasteiger partial charge >= 0.3 is 0 Å². The van der Waals surface area contributed by atoms with Crippen LogP contribution in [-0.4, -0.2) is 45.4 Å². The minimum Gasteiger partial charge on any atom is -0.497 e. The third-order valence-electron chi connectivity index (χ3n) is 5.08. The lowest BCUT2D eigenvalue weighted by atomic mass is 10.1. The fraction of sp³-hybridized carbons (Fsp3) is 0.381. The van der Waals surface area contributed by atoms with Crippen molar-refractivity contribution in [2.24, 2.45) is 0 Å². The van der Waals surface area contributed by atoms with Crippen LogP contribution < -0.4 is 9.64 Å². The standard InChI is InChI=1S/C21H26N2O4S/c1-4-22(5-2)28(25,26)19-9-10-20-17(15-19)11-12-23(20)21(24)14-16-7-6-8-18(13-16)27-3/h6-10,13,15H,4-5,11-12,14H2,1-3H3. The average molecular weight is 403 g/mol. The van der Waals surface area contributed by atoms with E-state index in [1.807, 2.05) is 38.1 Å². The number of methoxy groups -OCH3 is 1. The van der Waals surface area contributed by atoms with E-state index in [2.05, 4.69) is 0 Å². The Kier molecular flexibility index (Phi) is 6.05. The van der Waals surface area contributed by atoms with Crippen molar-refractivity contribution in [2.45, 2.75) is 31.6 Å². The van der Waals surface area contributed by atoms with E-state index in [1.165, 1.54) is 4.31 Å². The van der Waals surface area contributed by atoms with Crippen LogP contribution in [0, 0.1) is 0 Å². The number of fused-ring (bicyclic) bond motifs is 1. The van der Waals surface area contributed by atoms with Crippen LogP contribution in [0.2, 0.25) is 0 Å². The first kappa shape index (κ1) is 20.4. The summed E-state index contributed by atoms with van der Waals surface area (Å²) in [5.41, 5.74) is 2.58. The first-order valence-electron chi connectivity index (χ1n) is 9.47. The number of carbonyl (C=O) groups is 1. The molecule has 7 heteroatoms. The molecule has 0 fully saturated rings. The number of hydrogen-bond acceptors (Lipinski definition) is 4. The van der Waals surface area contributed by atoms with Gasteiger partial charge < -0.3 is 9.64 Å². The Hall–Kier alpha value is -2.38. The van der Waals surface area contributed by atoms with Crippen LogP contribution in [0.15, 0.2) is 47.4 Å². The molecule has 2 aromatic carbocycles. The van der Waals surface area contributed by atoms with Gasteiger partial charge in [0.15, 0.2) is 0 Å². The van der Waals surface area contributed by atoms with Crippen LogP contribution >= 0.6 is 0 Å². The summed E-state index contributed by atoms with van der Waals surface area (Å²) in [6, 6.07) is 12.5. The van der Waals surface area contributed by atoms with Gasteiger partial charge in [-0.2, -0.15) is 4.31 Å². The Morgan fingerprint density at radius 1 is 1.14 bits per heavy atom. The zero-order valence-corrected chi connectivity index (χ0v) is 17.3. The molecule has 3 rings (SSSR count). The number of anilines is 1. The maximum absolute atomic E-state index is 12.8. The van der Waals surface area contributed by atoms with Crippen molar-refractivity contribution in [3.63, 3.8) is 0 Å². The summed E-state index contributed by atoms with van der Waals surface area (Å²) in [5.74, 6) is 0.713. The van der Waals surface area contributed by atoms with Crippen molar-refractivity contribution < 1.29 is 17.9 Å². The molecule has 0 aliphatic carbocycles. The Balaban J connectivity index is 1.81. The monoisotopic (exact) mass is 402 g/mol. The van der Waals surface area contributed by atoms with Crippen LogP contribution in [0.25, 0.3) is 0 Å². The summed E-state index contributed by atoms with van der Waals surface area (Å²) in [4.78, 5) is 14.8. The fourth-order valence-corrected chi connectivity index (χ4v) is 5.07. The normalized spacial score (nSPS) is 13.6. The molecule has 0 saturated carbocycles. The first-order valence-corrected chi connectivity index (χ1v) is 10.9. The van der Waals surface area contributed by atoms with Gasteiger partial charge in [0.05, 0.1) is 18.4 Å². The lowest BCUT2D eigenvalue weighted by Crippen LogP contribution is -2.31. The summed E-state index contributed by atoms with van der Waals surface area (Å²) in [6.07, 6.45) is 0.928.